The molecule has 35 heavy (non-hydrogen) atoms. The van der Waals surface area contributed by atoms with Gasteiger partial charge in [-0.1, -0.05) is 0 Å². The highest BCUT2D eigenvalue weighted by atomic mass is 19.3. The molecule has 2 atom stereocenters. The second kappa shape index (κ2) is 9.68. The maximum absolute atomic E-state index is 14.5. The van der Waals surface area contributed by atoms with Gasteiger partial charge in [-0.3, -0.25) is 24.1 Å². The molecule has 0 unspecified atom stereocenters. The lowest BCUT2D eigenvalue weighted by molar-refractivity contribution is -0.143. The molecule has 2 amide bonds. The van der Waals surface area contributed by atoms with Gasteiger partial charge in [-0.05, 0) is 39.3 Å². The first-order valence-corrected chi connectivity index (χ1v) is 11.2. The van der Waals surface area contributed by atoms with Crippen molar-refractivity contribution < 1.29 is 37.4 Å². The normalized spacial score (nSPS) is 21.4. The van der Waals surface area contributed by atoms with Crippen LogP contribution in [0.1, 0.15) is 50.4 Å². The summed E-state index contributed by atoms with van der Waals surface area (Å²) in [5.74, 6) is -5.42. The van der Waals surface area contributed by atoms with Crippen LogP contribution in [0.2, 0.25) is 0 Å². The van der Waals surface area contributed by atoms with Crippen LogP contribution in [0.25, 0.3) is 4.85 Å². The van der Waals surface area contributed by atoms with Gasteiger partial charge < -0.3 is 19.1 Å². The van der Waals surface area contributed by atoms with Gasteiger partial charge in [0.2, 0.25) is 5.75 Å². The van der Waals surface area contributed by atoms with Gasteiger partial charge in [0.25, 0.3) is 17.7 Å². The van der Waals surface area contributed by atoms with Gasteiger partial charge in [0.1, 0.15) is 6.04 Å². The third kappa shape index (κ3) is 5.31. The fraction of sp³-hybridized carbons (Fsp3) is 0.583. The van der Waals surface area contributed by atoms with E-state index in [-0.39, 0.29) is 29.4 Å². The van der Waals surface area contributed by atoms with E-state index < -0.39 is 54.3 Å². The maximum Gasteiger partial charge on any atom is 0.316 e. The molecule has 0 bridgehead atoms. The Hall–Kier alpha value is -3.42. The van der Waals surface area contributed by atoms with E-state index in [4.69, 9.17) is 20.8 Å². The summed E-state index contributed by atoms with van der Waals surface area (Å²) >= 11 is 0. The minimum atomic E-state index is -3.28. The molecule has 2 aliphatic heterocycles. The molecular weight excluding hydrogens is 464 g/mol. The van der Waals surface area contributed by atoms with Crippen molar-refractivity contribution in [1.29, 1.82) is 0 Å². The number of hydrogen-bond acceptors (Lipinski definition) is 6. The van der Waals surface area contributed by atoms with E-state index in [1.165, 1.54) is 31.3 Å². The predicted octanol–water partition coefficient (Wildman–Crippen LogP) is 3.37. The Morgan fingerprint density at radius 2 is 1.77 bits per heavy atom. The summed E-state index contributed by atoms with van der Waals surface area (Å²) in [4.78, 5) is 44.6. The Labute approximate surface area is 202 Å². The van der Waals surface area contributed by atoms with Crippen LogP contribution in [-0.2, 0) is 9.59 Å². The highest BCUT2D eigenvalue weighted by Gasteiger charge is 2.52. The minimum absolute atomic E-state index is 0.0523. The first-order valence-electron chi connectivity index (χ1n) is 11.2. The number of nitrogens with zero attached hydrogens (tertiary/aromatic N) is 3. The standard InChI is InChI=1S/C24H29F2N3O6/c1-23(2,3)22(32)35-17-11-14(10-16(33-5)19(17)34-6)20(30)29-13-24(25,26)12-15(29)21(31)28-9-7-8-18(28)27-4/h10-11,15,18H,7-9,12-13H2,1-3,5-6H3/t15-,18-/m0/s1. The van der Waals surface area contributed by atoms with Crippen molar-refractivity contribution in [3.63, 3.8) is 0 Å². The topological polar surface area (TPSA) is 89.7 Å². The summed E-state index contributed by atoms with van der Waals surface area (Å²) in [5, 5.41) is 0. The van der Waals surface area contributed by atoms with Crippen LogP contribution in [0, 0.1) is 12.0 Å². The van der Waals surface area contributed by atoms with Gasteiger partial charge in [-0.2, -0.15) is 0 Å². The lowest BCUT2D eigenvalue weighted by atomic mass is 9.97. The average molecular weight is 494 g/mol. The predicted molar refractivity (Wildman–Crippen MR) is 120 cm³/mol. The molecule has 0 radical (unpaired) electrons. The van der Waals surface area contributed by atoms with Crippen molar-refractivity contribution in [2.24, 2.45) is 5.41 Å². The largest absolute Gasteiger partial charge is 0.493 e. The molecule has 0 aromatic heterocycles. The molecule has 0 aliphatic carbocycles. The fourth-order valence-corrected chi connectivity index (χ4v) is 4.13. The number of carbonyl (C=O) groups excluding carboxylic acids is 3. The summed E-state index contributed by atoms with van der Waals surface area (Å²) in [6.07, 6.45) is -0.505. The number of halogens is 2. The van der Waals surface area contributed by atoms with Crippen LogP contribution in [-0.4, -0.2) is 73.0 Å². The number of likely N-dealkylation sites (tertiary alicyclic amines) is 2. The van der Waals surface area contributed by atoms with E-state index in [0.29, 0.717) is 12.8 Å². The fourth-order valence-electron chi connectivity index (χ4n) is 4.13. The Morgan fingerprint density at radius 3 is 2.34 bits per heavy atom. The molecule has 2 heterocycles. The van der Waals surface area contributed by atoms with Gasteiger partial charge in [-0.15, -0.1) is 0 Å². The number of carbonyl (C=O) groups is 3. The molecule has 1 aromatic carbocycles. The third-order valence-electron chi connectivity index (χ3n) is 5.98. The number of rotatable bonds is 5. The zero-order valence-electron chi connectivity index (χ0n) is 20.4. The number of hydrogen-bond donors (Lipinski definition) is 0. The molecule has 3 rings (SSSR count). The Kier molecular flexibility index (Phi) is 7.24. The number of amides is 2. The van der Waals surface area contributed by atoms with E-state index in [0.717, 1.165) is 4.90 Å². The molecule has 0 N–H and O–H groups in total. The molecule has 190 valence electrons. The summed E-state index contributed by atoms with van der Waals surface area (Å²) in [6, 6.07) is 1.07. The lowest BCUT2D eigenvalue weighted by Crippen LogP contribution is -2.48. The SMILES string of the molecule is [C-]#[N+][C@@H]1CCCN1C(=O)[C@@H]1CC(F)(F)CN1C(=O)c1cc(OC)c(OC)c(OC(=O)C(C)(C)C)c1. The zero-order valence-corrected chi connectivity index (χ0v) is 20.4. The quantitative estimate of drug-likeness (QED) is 0.355. The van der Waals surface area contributed by atoms with Gasteiger partial charge >= 0.3 is 12.1 Å². The first kappa shape index (κ1) is 26.2. The minimum Gasteiger partial charge on any atom is -0.493 e. The second-order valence-electron chi connectivity index (χ2n) is 9.64. The lowest BCUT2D eigenvalue weighted by Gasteiger charge is -2.27. The molecule has 2 fully saturated rings. The summed E-state index contributed by atoms with van der Waals surface area (Å²) in [5.41, 5.74) is -0.986. The Balaban J connectivity index is 1.99. The van der Waals surface area contributed by atoms with E-state index in [1.54, 1.807) is 20.8 Å². The van der Waals surface area contributed by atoms with E-state index in [2.05, 4.69) is 4.85 Å². The van der Waals surface area contributed by atoms with Crippen molar-refractivity contribution in [1.82, 2.24) is 9.80 Å². The monoisotopic (exact) mass is 493 g/mol. The molecule has 0 spiro atoms. The van der Waals surface area contributed by atoms with Crippen LogP contribution in [0.15, 0.2) is 12.1 Å². The summed E-state index contributed by atoms with van der Waals surface area (Å²) < 4.78 is 44.9. The maximum atomic E-state index is 14.5. The van der Waals surface area contributed by atoms with E-state index in [9.17, 15) is 23.2 Å². The van der Waals surface area contributed by atoms with Crippen molar-refractivity contribution in [2.75, 3.05) is 27.3 Å². The summed E-state index contributed by atoms with van der Waals surface area (Å²) in [7, 11) is 2.64. The molecular formula is C24H29F2N3O6. The number of benzene rings is 1. The van der Waals surface area contributed by atoms with Gasteiger partial charge in [0.05, 0.1) is 26.2 Å². The number of alkyl halides is 2. The highest BCUT2D eigenvalue weighted by molar-refractivity contribution is 5.99. The molecule has 9 nitrogen and oxygen atoms in total. The van der Waals surface area contributed by atoms with Crippen molar-refractivity contribution >= 4 is 17.8 Å². The number of esters is 1. The van der Waals surface area contributed by atoms with Crippen LogP contribution < -0.4 is 14.2 Å². The average Bonchev–Trinajstić information content (AvgIpc) is 3.40. The van der Waals surface area contributed by atoms with Gasteiger partial charge in [-0.25, -0.2) is 15.4 Å². The van der Waals surface area contributed by atoms with Crippen LogP contribution in [0.4, 0.5) is 8.78 Å². The van der Waals surface area contributed by atoms with E-state index >= 15 is 0 Å². The van der Waals surface area contributed by atoms with E-state index in [1.807, 2.05) is 0 Å². The number of ether oxygens (including phenoxy) is 3. The first-order chi connectivity index (χ1) is 16.3. The zero-order chi connectivity index (χ0) is 26.1. The Bertz CT molecular complexity index is 1060. The van der Waals surface area contributed by atoms with Crippen LogP contribution in [0.5, 0.6) is 17.2 Å². The van der Waals surface area contributed by atoms with Crippen LogP contribution in [0.3, 0.4) is 0 Å². The molecule has 2 aliphatic rings. The smallest absolute Gasteiger partial charge is 0.316 e. The molecule has 0 saturated carbocycles. The van der Waals surface area contributed by atoms with Crippen molar-refractivity contribution in [3.8, 4) is 17.2 Å². The summed E-state index contributed by atoms with van der Waals surface area (Å²) in [6.45, 7) is 11.5. The third-order valence-corrected chi connectivity index (χ3v) is 5.98. The van der Waals surface area contributed by atoms with Crippen LogP contribution >= 0.6 is 0 Å². The van der Waals surface area contributed by atoms with Gasteiger partial charge in [0.15, 0.2) is 11.5 Å². The molecule has 2 saturated heterocycles. The van der Waals surface area contributed by atoms with Gasteiger partial charge in [0, 0.05) is 24.9 Å². The Morgan fingerprint density at radius 1 is 1.11 bits per heavy atom. The molecule has 11 heteroatoms. The highest BCUT2D eigenvalue weighted by Crippen LogP contribution is 2.41. The number of methoxy groups -OCH3 is 2. The van der Waals surface area contributed by atoms with Crippen molar-refractivity contribution in [3.05, 3.63) is 29.1 Å². The molecule has 1 aromatic rings. The second-order valence-corrected chi connectivity index (χ2v) is 9.64. The van der Waals surface area contributed by atoms with Crippen molar-refractivity contribution in [2.45, 2.75) is 58.2 Å².